The lowest BCUT2D eigenvalue weighted by Crippen LogP contribution is -2.60. The molecular formula is C15H25N3O2. The first-order valence-electron chi connectivity index (χ1n) is 7.23. The number of likely N-dealkylation sites (tertiary alicyclic amines) is 1. The molecule has 1 aliphatic heterocycles. The van der Waals surface area contributed by atoms with Crippen LogP contribution in [0.5, 0.6) is 0 Å². The third kappa shape index (κ3) is 4.00. The molecule has 0 aliphatic carbocycles. The highest BCUT2D eigenvalue weighted by Gasteiger charge is 2.33. The number of hydrogen-bond acceptors (Lipinski definition) is 3. The summed E-state index contributed by atoms with van der Waals surface area (Å²) in [6.07, 6.45) is 4.02. The van der Waals surface area contributed by atoms with E-state index in [4.69, 9.17) is 4.74 Å². The Morgan fingerprint density at radius 2 is 2.15 bits per heavy atom. The number of carbonyl (C=O) groups is 1. The van der Waals surface area contributed by atoms with Crippen LogP contribution in [0.4, 0.5) is 4.79 Å². The van der Waals surface area contributed by atoms with Crippen molar-refractivity contribution in [1.82, 2.24) is 14.8 Å². The number of amides is 1. The first kappa shape index (κ1) is 14.9. The van der Waals surface area contributed by atoms with Crippen LogP contribution in [0.25, 0.3) is 0 Å². The van der Waals surface area contributed by atoms with Gasteiger partial charge in [-0.2, -0.15) is 0 Å². The Hall–Kier alpha value is -1.49. The van der Waals surface area contributed by atoms with Gasteiger partial charge in [0, 0.05) is 44.6 Å². The summed E-state index contributed by atoms with van der Waals surface area (Å²) >= 11 is 0. The molecule has 0 saturated carbocycles. The Morgan fingerprint density at radius 3 is 2.70 bits per heavy atom. The fraction of sp³-hybridized carbons (Fsp3) is 0.667. The molecule has 0 bridgehead atoms. The van der Waals surface area contributed by atoms with E-state index in [0.29, 0.717) is 6.04 Å². The minimum atomic E-state index is -0.418. The second kappa shape index (κ2) is 5.87. The third-order valence-electron chi connectivity index (χ3n) is 3.30. The Morgan fingerprint density at radius 1 is 1.45 bits per heavy atom. The van der Waals surface area contributed by atoms with Gasteiger partial charge in [0.05, 0.1) is 0 Å². The third-order valence-corrected chi connectivity index (χ3v) is 3.30. The van der Waals surface area contributed by atoms with E-state index in [0.717, 1.165) is 26.2 Å². The van der Waals surface area contributed by atoms with Crippen LogP contribution in [0.15, 0.2) is 18.5 Å². The lowest BCUT2D eigenvalue weighted by Gasteiger charge is -2.40. The largest absolute Gasteiger partial charge is 0.444 e. The van der Waals surface area contributed by atoms with Gasteiger partial charge < -0.3 is 19.5 Å². The van der Waals surface area contributed by atoms with Crippen molar-refractivity contribution in [2.75, 3.05) is 13.1 Å². The van der Waals surface area contributed by atoms with Crippen LogP contribution in [0.3, 0.4) is 0 Å². The number of nitrogens with zero attached hydrogens (tertiary/aromatic N) is 2. The van der Waals surface area contributed by atoms with E-state index in [2.05, 4.69) is 35.3 Å². The van der Waals surface area contributed by atoms with Crippen LogP contribution >= 0.6 is 0 Å². The number of carbonyl (C=O) groups excluding carboxylic acids is 1. The van der Waals surface area contributed by atoms with Gasteiger partial charge in [0.15, 0.2) is 0 Å². The zero-order valence-corrected chi connectivity index (χ0v) is 12.8. The van der Waals surface area contributed by atoms with Gasteiger partial charge >= 0.3 is 6.09 Å². The van der Waals surface area contributed by atoms with Crippen molar-refractivity contribution in [2.45, 2.75) is 52.4 Å². The molecule has 2 heterocycles. The predicted octanol–water partition coefficient (Wildman–Crippen LogP) is 2.22. The summed E-state index contributed by atoms with van der Waals surface area (Å²) in [6, 6.07) is 2.49. The van der Waals surface area contributed by atoms with Crippen molar-refractivity contribution in [3.63, 3.8) is 0 Å². The number of ether oxygens (including phenoxy) is 1. The number of hydrogen-bond donors (Lipinski definition) is 1. The number of rotatable bonds is 4. The van der Waals surface area contributed by atoms with Gasteiger partial charge in [-0.25, -0.2) is 4.79 Å². The van der Waals surface area contributed by atoms with Gasteiger partial charge in [0.2, 0.25) is 0 Å². The molecule has 5 heteroatoms. The Labute approximate surface area is 120 Å². The predicted molar refractivity (Wildman–Crippen MR) is 78.5 cm³/mol. The van der Waals surface area contributed by atoms with E-state index in [-0.39, 0.29) is 6.09 Å². The minimum Gasteiger partial charge on any atom is -0.444 e. The second-order valence-corrected chi connectivity index (χ2v) is 6.31. The number of aromatic nitrogens is 1. The van der Waals surface area contributed by atoms with E-state index in [1.807, 2.05) is 20.8 Å². The maximum absolute atomic E-state index is 11.8. The van der Waals surface area contributed by atoms with Crippen LogP contribution < -0.4 is 5.32 Å². The highest BCUT2D eigenvalue weighted by molar-refractivity contribution is 5.69. The molecule has 1 aliphatic rings. The first-order chi connectivity index (χ1) is 9.37. The Kier molecular flexibility index (Phi) is 4.38. The molecule has 1 saturated heterocycles. The fourth-order valence-corrected chi connectivity index (χ4v) is 2.14. The van der Waals surface area contributed by atoms with E-state index in [1.54, 1.807) is 4.90 Å². The number of nitrogens with one attached hydrogen (secondary N) is 1. The topological polar surface area (TPSA) is 46.5 Å². The molecule has 1 N–H and O–H groups in total. The van der Waals surface area contributed by atoms with Gasteiger partial charge in [-0.3, -0.25) is 0 Å². The Balaban J connectivity index is 1.68. The number of aryl methyl sites for hydroxylation is 1. The highest BCUT2D eigenvalue weighted by Crippen LogP contribution is 2.15. The molecule has 112 valence electrons. The van der Waals surface area contributed by atoms with Crippen molar-refractivity contribution in [3.05, 3.63) is 24.0 Å². The summed E-state index contributed by atoms with van der Waals surface area (Å²) in [5.74, 6) is 0. The van der Waals surface area contributed by atoms with Crippen LogP contribution in [-0.4, -0.2) is 40.3 Å². The van der Waals surface area contributed by atoms with E-state index in [1.165, 1.54) is 5.56 Å². The van der Waals surface area contributed by atoms with Crippen molar-refractivity contribution in [1.29, 1.82) is 0 Å². The molecule has 1 aromatic heterocycles. The fourth-order valence-electron chi connectivity index (χ4n) is 2.14. The molecule has 2 rings (SSSR count). The van der Waals surface area contributed by atoms with Gasteiger partial charge in [-0.05, 0) is 39.3 Å². The summed E-state index contributed by atoms with van der Waals surface area (Å²) in [4.78, 5) is 13.5. The zero-order valence-electron chi connectivity index (χ0n) is 12.8. The highest BCUT2D eigenvalue weighted by atomic mass is 16.6. The summed E-state index contributed by atoms with van der Waals surface area (Å²) in [7, 11) is 0. The van der Waals surface area contributed by atoms with Crippen molar-refractivity contribution in [2.24, 2.45) is 0 Å². The van der Waals surface area contributed by atoms with E-state index < -0.39 is 5.60 Å². The Bertz CT molecular complexity index is 456. The molecule has 20 heavy (non-hydrogen) atoms. The van der Waals surface area contributed by atoms with Gasteiger partial charge in [-0.1, -0.05) is 0 Å². The van der Waals surface area contributed by atoms with Crippen LogP contribution in [0.1, 0.15) is 33.3 Å². The maximum atomic E-state index is 11.8. The van der Waals surface area contributed by atoms with Crippen molar-refractivity contribution >= 4 is 6.09 Å². The molecule has 1 amide bonds. The maximum Gasteiger partial charge on any atom is 0.410 e. The van der Waals surface area contributed by atoms with Gasteiger partial charge in [0.1, 0.15) is 5.60 Å². The lowest BCUT2D eigenvalue weighted by atomic mass is 10.1. The molecule has 1 aromatic rings. The van der Waals surface area contributed by atoms with Crippen LogP contribution in [0.2, 0.25) is 0 Å². The molecule has 0 atom stereocenters. The summed E-state index contributed by atoms with van der Waals surface area (Å²) in [5.41, 5.74) is 0.862. The molecule has 0 unspecified atom stereocenters. The van der Waals surface area contributed by atoms with Gasteiger partial charge in [-0.15, -0.1) is 0 Å². The minimum absolute atomic E-state index is 0.215. The van der Waals surface area contributed by atoms with Crippen LogP contribution in [-0.2, 0) is 17.8 Å². The molecular weight excluding hydrogens is 254 g/mol. The molecule has 1 fully saturated rings. The summed E-state index contributed by atoms with van der Waals surface area (Å²) < 4.78 is 7.48. The monoisotopic (exact) mass is 279 g/mol. The lowest BCUT2D eigenvalue weighted by molar-refractivity contribution is 0.00519. The first-order valence-corrected chi connectivity index (χ1v) is 7.23. The standard InChI is InChI=1S/C15H25N3O2/c1-5-17-7-6-12(9-17)8-16-13-10-18(11-13)14(19)20-15(2,3)4/h6-7,9,13,16H,5,8,10-11H2,1-4H3. The quantitative estimate of drug-likeness (QED) is 0.919. The average molecular weight is 279 g/mol. The average Bonchev–Trinajstić information content (AvgIpc) is 2.72. The second-order valence-electron chi connectivity index (χ2n) is 6.31. The van der Waals surface area contributed by atoms with E-state index in [9.17, 15) is 4.79 Å². The molecule has 0 radical (unpaired) electrons. The molecule has 5 nitrogen and oxygen atoms in total. The molecule has 0 aromatic carbocycles. The van der Waals surface area contributed by atoms with Crippen molar-refractivity contribution < 1.29 is 9.53 Å². The zero-order chi connectivity index (χ0) is 14.8. The van der Waals surface area contributed by atoms with Crippen molar-refractivity contribution in [3.8, 4) is 0 Å². The normalized spacial score (nSPS) is 16.1. The molecule has 0 spiro atoms. The SMILES string of the molecule is CCn1ccc(CNC2CN(C(=O)OC(C)(C)C)C2)c1. The van der Waals surface area contributed by atoms with Crippen LogP contribution in [0, 0.1) is 0 Å². The summed E-state index contributed by atoms with van der Waals surface area (Å²) in [6.45, 7) is 11.1. The smallest absolute Gasteiger partial charge is 0.410 e. The van der Waals surface area contributed by atoms with E-state index >= 15 is 0 Å². The summed E-state index contributed by atoms with van der Waals surface area (Å²) in [5, 5.41) is 3.46. The van der Waals surface area contributed by atoms with Gasteiger partial charge in [0.25, 0.3) is 0 Å².